The van der Waals surface area contributed by atoms with Gasteiger partial charge in [-0.25, -0.2) is 4.39 Å². The summed E-state index contributed by atoms with van der Waals surface area (Å²) in [6.07, 6.45) is 0.309. The van der Waals surface area contributed by atoms with Gasteiger partial charge < -0.3 is 10.2 Å². The number of hydrogen-bond acceptors (Lipinski definition) is 4. The first-order valence-corrected chi connectivity index (χ1v) is 6.84. The average Bonchev–Trinajstić information content (AvgIpc) is 2.69. The highest BCUT2D eigenvalue weighted by molar-refractivity contribution is 8.14. The zero-order valence-electron chi connectivity index (χ0n) is 10.8. The second-order valence-electron chi connectivity index (χ2n) is 4.35. The number of amides is 1. The number of nitrogens with zero attached hydrogens (tertiary/aromatic N) is 1. The molecule has 4 nitrogen and oxygen atoms in total. The minimum absolute atomic E-state index is 0.00673. The van der Waals surface area contributed by atoms with Crippen LogP contribution < -0.4 is 10.2 Å². The van der Waals surface area contributed by atoms with E-state index in [-0.39, 0.29) is 22.1 Å². The van der Waals surface area contributed by atoms with Crippen molar-refractivity contribution in [1.82, 2.24) is 0 Å². The first kappa shape index (κ1) is 13.9. The van der Waals surface area contributed by atoms with Crippen molar-refractivity contribution < 1.29 is 14.0 Å². The van der Waals surface area contributed by atoms with E-state index in [1.807, 2.05) is 0 Å². The molecule has 1 atom stereocenters. The highest BCUT2D eigenvalue weighted by Crippen LogP contribution is 2.33. The van der Waals surface area contributed by atoms with Crippen LogP contribution in [0.25, 0.3) is 0 Å². The fourth-order valence-electron chi connectivity index (χ4n) is 2.16. The van der Waals surface area contributed by atoms with Crippen molar-refractivity contribution in [2.24, 2.45) is 0 Å². The molecule has 1 N–H and O–H groups in total. The molecule has 2 rings (SSSR count). The molecule has 0 saturated carbocycles. The van der Waals surface area contributed by atoms with Crippen molar-refractivity contribution in [3.8, 4) is 0 Å². The lowest BCUT2D eigenvalue weighted by atomic mass is 10.2. The van der Waals surface area contributed by atoms with E-state index in [1.54, 1.807) is 13.1 Å². The molecule has 1 fully saturated rings. The summed E-state index contributed by atoms with van der Waals surface area (Å²) >= 11 is 1.17. The van der Waals surface area contributed by atoms with Gasteiger partial charge in [-0.15, -0.1) is 0 Å². The van der Waals surface area contributed by atoms with Crippen LogP contribution in [-0.2, 0) is 9.59 Å². The standard InChI is InChI=1S/C13H15FN2O2S/c1-8(17)19-10-6-13(18)16(7-10)12-5-9(14)3-4-11(12)15-2/h3-5,10,15H,6-7H2,1-2H3. The molecule has 1 unspecified atom stereocenters. The van der Waals surface area contributed by atoms with Gasteiger partial charge >= 0.3 is 0 Å². The number of thioether (sulfide) groups is 1. The Morgan fingerprint density at radius 2 is 2.26 bits per heavy atom. The summed E-state index contributed by atoms with van der Waals surface area (Å²) in [7, 11) is 1.72. The van der Waals surface area contributed by atoms with E-state index >= 15 is 0 Å². The van der Waals surface area contributed by atoms with Gasteiger partial charge in [0.05, 0.1) is 11.4 Å². The molecule has 0 bridgehead atoms. The molecule has 1 aliphatic heterocycles. The fraction of sp³-hybridized carbons (Fsp3) is 0.385. The van der Waals surface area contributed by atoms with E-state index in [9.17, 15) is 14.0 Å². The lowest BCUT2D eigenvalue weighted by molar-refractivity contribution is -0.117. The molecule has 1 amide bonds. The van der Waals surface area contributed by atoms with Gasteiger partial charge in [0.25, 0.3) is 0 Å². The molecule has 6 heteroatoms. The summed E-state index contributed by atoms with van der Waals surface area (Å²) < 4.78 is 13.3. The van der Waals surface area contributed by atoms with Gasteiger partial charge in [-0.3, -0.25) is 9.59 Å². The van der Waals surface area contributed by atoms with Gasteiger partial charge in [0, 0.05) is 32.2 Å². The third kappa shape index (κ3) is 3.07. The zero-order valence-corrected chi connectivity index (χ0v) is 11.6. The largest absolute Gasteiger partial charge is 0.386 e. The topological polar surface area (TPSA) is 49.4 Å². The van der Waals surface area contributed by atoms with Crippen molar-refractivity contribution in [2.75, 3.05) is 23.8 Å². The van der Waals surface area contributed by atoms with Crippen LogP contribution in [0.2, 0.25) is 0 Å². The Labute approximate surface area is 115 Å². The molecule has 1 aromatic carbocycles. The third-order valence-corrected chi connectivity index (χ3v) is 3.92. The van der Waals surface area contributed by atoms with Crippen molar-refractivity contribution in [1.29, 1.82) is 0 Å². The van der Waals surface area contributed by atoms with Gasteiger partial charge in [0.15, 0.2) is 5.12 Å². The lowest BCUT2D eigenvalue weighted by Gasteiger charge is -2.20. The van der Waals surface area contributed by atoms with Crippen LogP contribution in [0.3, 0.4) is 0 Å². The molecule has 0 aromatic heterocycles. The molecule has 19 heavy (non-hydrogen) atoms. The van der Waals surface area contributed by atoms with Crippen molar-refractivity contribution in [3.63, 3.8) is 0 Å². The molecule has 102 valence electrons. The fourth-order valence-corrected chi connectivity index (χ4v) is 3.08. The predicted molar refractivity (Wildman–Crippen MR) is 75.0 cm³/mol. The van der Waals surface area contributed by atoms with Gasteiger partial charge in [-0.05, 0) is 18.2 Å². The van der Waals surface area contributed by atoms with Crippen LogP contribution in [0.15, 0.2) is 18.2 Å². The molecule has 0 aliphatic carbocycles. The molecule has 1 saturated heterocycles. The van der Waals surface area contributed by atoms with E-state index in [0.717, 1.165) is 0 Å². The van der Waals surface area contributed by atoms with Crippen LogP contribution in [0.1, 0.15) is 13.3 Å². The van der Waals surface area contributed by atoms with Crippen molar-refractivity contribution >= 4 is 34.2 Å². The summed E-state index contributed by atoms with van der Waals surface area (Å²) in [5.74, 6) is -0.467. The monoisotopic (exact) mass is 282 g/mol. The van der Waals surface area contributed by atoms with Crippen LogP contribution in [0.4, 0.5) is 15.8 Å². The van der Waals surface area contributed by atoms with Crippen LogP contribution in [-0.4, -0.2) is 29.9 Å². The highest BCUT2D eigenvalue weighted by atomic mass is 32.2. The van der Waals surface area contributed by atoms with Crippen molar-refractivity contribution in [2.45, 2.75) is 18.6 Å². The number of hydrogen-bond donors (Lipinski definition) is 1. The van der Waals surface area contributed by atoms with Gasteiger partial charge in [-0.1, -0.05) is 11.8 Å². The van der Waals surface area contributed by atoms with E-state index < -0.39 is 0 Å². The van der Waals surface area contributed by atoms with Gasteiger partial charge in [0.1, 0.15) is 5.82 Å². The Morgan fingerprint density at radius 3 is 2.89 bits per heavy atom. The molecule has 1 aromatic rings. The van der Waals surface area contributed by atoms with Gasteiger partial charge in [0.2, 0.25) is 5.91 Å². The first-order chi connectivity index (χ1) is 9.01. The molecular formula is C13H15FN2O2S. The molecule has 1 heterocycles. The summed E-state index contributed by atoms with van der Waals surface area (Å²) in [5, 5.41) is 2.88. The predicted octanol–water partition coefficient (Wildman–Crippen LogP) is 2.25. The van der Waals surface area contributed by atoms with Crippen LogP contribution in [0, 0.1) is 5.82 Å². The summed E-state index contributed by atoms with van der Waals surface area (Å²) in [4.78, 5) is 24.6. The quantitative estimate of drug-likeness (QED) is 0.924. The molecule has 1 aliphatic rings. The number of halogens is 1. The maximum atomic E-state index is 13.3. The summed E-state index contributed by atoms with van der Waals surface area (Å²) in [5.41, 5.74) is 1.22. The number of carbonyl (C=O) groups is 2. The Bertz CT molecular complexity index is 521. The Morgan fingerprint density at radius 1 is 1.53 bits per heavy atom. The number of benzene rings is 1. The number of rotatable bonds is 3. The van der Waals surface area contributed by atoms with E-state index in [2.05, 4.69) is 5.32 Å². The second-order valence-corrected chi connectivity index (χ2v) is 5.83. The van der Waals surface area contributed by atoms with Crippen LogP contribution >= 0.6 is 11.8 Å². The molecule has 0 spiro atoms. The number of anilines is 2. The SMILES string of the molecule is CNc1ccc(F)cc1N1CC(SC(C)=O)CC1=O. The average molecular weight is 282 g/mol. The third-order valence-electron chi connectivity index (χ3n) is 2.94. The lowest BCUT2D eigenvalue weighted by Crippen LogP contribution is -2.26. The van der Waals surface area contributed by atoms with Crippen molar-refractivity contribution in [3.05, 3.63) is 24.0 Å². The summed E-state index contributed by atoms with van der Waals surface area (Å²) in [6, 6.07) is 4.28. The summed E-state index contributed by atoms with van der Waals surface area (Å²) in [6.45, 7) is 1.92. The first-order valence-electron chi connectivity index (χ1n) is 5.96. The Kier molecular flexibility index (Phi) is 4.09. The Hall–Kier alpha value is -1.56. The van der Waals surface area contributed by atoms with E-state index in [1.165, 1.54) is 35.7 Å². The van der Waals surface area contributed by atoms with Crippen LogP contribution in [0.5, 0.6) is 0 Å². The highest BCUT2D eigenvalue weighted by Gasteiger charge is 2.33. The zero-order chi connectivity index (χ0) is 14.0. The number of carbonyl (C=O) groups excluding carboxylic acids is 2. The minimum atomic E-state index is -0.385. The normalized spacial score (nSPS) is 18.8. The second kappa shape index (κ2) is 5.61. The maximum absolute atomic E-state index is 13.3. The minimum Gasteiger partial charge on any atom is -0.386 e. The number of nitrogens with one attached hydrogen (secondary N) is 1. The molecule has 0 radical (unpaired) electrons. The Balaban J connectivity index is 2.25. The van der Waals surface area contributed by atoms with Gasteiger partial charge in [-0.2, -0.15) is 0 Å². The smallest absolute Gasteiger partial charge is 0.228 e. The maximum Gasteiger partial charge on any atom is 0.228 e. The van der Waals surface area contributed by atoms with E-state index in [0.29, 0.717) is 24.3 Å². The van der Waals surface area contributed by atoms with E-state index in [4.69, 9.17) is 0 Å². The molecular weight excluding hydrogens is 267 g/mol.